The van der Waals surface area contributed by atoms with Crippen LogP contribution in [0.3, 0.4) is 0 Å². The molecule has 0 radical (unpaired) electrons. The summed E-state index contributed by atoms with van der Waals surface area (Å²) in [5, 5.41) is 2.42. The number of esters is 1. The number of carbonyl (C=O) groups is 3. The van der Waals surface area contributed by atoms with Crippen LogP contribution in [0.25, 0.3) is 0 Å². The predicted octanol–water partition coefficient (Wildman–Crippen LogP) is 5.14. The Balaban J connectivity index is 1.47. The maximum Gasteiger partial charge on any atom is 0.341 e. The normalized spacial score (nSPS) is 21.9. The molecule has 2 aromatic carbocycles. The van der Waals surface area contributed by atoms with E-state index in [2.05, 4.69) is 0 Å². The highest BCUT2D eigenvalue weighted by atomic mass is 35.5. The van der Waals surface area contributed by atoms with Crippen LogP contribution in [0.4, 0.5) is 10.7 Å². The van der Waals surface area contributed by atoms with Crippen molar-refractivity contribution in [1.82, 2.24) is 0 Å². The van der Waals surface area contributed by atoms with Gasteiger partial charge in [-0.2, -0.15) is 0 Å². The van der Waals surface area contributed by atoms with Gasteiger partial charge in [-0.05, 0) is 67.6 Å². The Bertz CT molecular complexity index is 1500. The molecule has 3 aliphatic rings. The molecular formula is C29H27ClN2O7S. The average molecular weight is 583 g/mol. The summed E-state index contributed by atoms with van der Waals surface area (Å²) in [6, 6.07) is 11.5. The Morgan fingerprint density at radius 2 is 1.75 bits per heavy atom. The van der Waals surface area contributed by atoms with Crippen LogP contribution in [0.15, 0.2) is 42.5 Å². The predicted molar refractivity (Wildman–Crippen MR) is 149 cm³/mol. The fraction of sp³-hybridized carbons (Fsp3) is 0.345. The van der Waals surface area contributed by atoms with Gasteiger partial charge in [0.25, 0.3) is 5.91 Å². The molecule has 11 heteroatoms. The minimum Gasteiger partial charge on any atom is -0.497 e. The summed E-state index contributed by atoms with van der Waals surface area (Å²) in [5.41, 5.74) is 2.44. The lowest BCUT2D eigenvalue weighted by molar-refractivity contribution is -0.126. The minimum absolute atomic E-state index is 0.303. The Labute approximate surface area is 240 Å². The molecule has 1 aromatic heterocycles. The molecule has 3 atom stereocenters. The van der Waals surface area contributed by atoms with Crippen LogP contribution in [0.5, 0.6) is 11.5 Å². The molecule has 0 saturated carbocycles. The first-order valence-electron chi connectivity index (χ1n) is 12.9. The summed E-state index contributed by atoms with van der Waals surface area (Å²) in [7, 11) is 4.39. The van der Waals surface area contributed by atoms with E-state index in [0.717, 1.165) is 34.6 Å². The Hall–Kier alpha value is -3.60. The van der Waals surface area contributed by atoms with Crippen LogP contribution in [0, 0.1) is 5.92 Å². The second-order valence-corrected chi connectivity index (χ2v) is 11.3. The highest BCUT2D eigenvalue weighted by Gasteiger charge is 2.61. The second-order valence-electron chi connectivity index (χ2n) is 9.80. The molecule has 0 N–H and O–H groups in total. The molecule has 3 heterocycles. The molecule has 0 unspecified atom stereocenters. The molecule has 208 valence electrons. The number of carbonyl (C=O) groups excluding carboxylic acids is 3. The molecule has 0 bridgehead atoms. The molecule has 6 rings (SSSR count). The monoisotopic (exact) mass is 582 g/mol. The third kappa shape index (κ3) is 4.13. The van der Waals surface area contributed by atoms with Crippen molar-refractivity contribution < 1.29 is 33.4 Å². The summed E-state index contributed by atoms with van der Waals surface area (Å²) in [5.74, 6) is -1.37. The van der Waals surface area contributed by atoms with Crippen molar-refractivity contribution >= 4 is 51.4 Å². The Morgan fingerprint density at radius 1 is 1.00 bits per heavy atom. The third-order valence-electron chi connectivity index (χ3n) is 7.70. The lowest BCUT2D eigenvalue weighted by Crippen LogP contribution is -2.37. The van der Waals surface area contributed by atoms with Crippen molar-refractivity contribution in [3.63, 3.8) is 0 Å². The van der Waals surface area contributed by atoms with Gasteiger partial charge in [0.2, 0.25) is 5.91 Å². The van der Waals surface area contributed by atoms with Crippen LogP contribution in [-0.2, 0) is 32.0 Å². The van der Waals surface area contributed by atoms with E-state index in [1.807, 2.05) is 0 Å². The first-order valence-corrected chi connectivity index (χ1v) is 14.1. The van der Waals surface area contributed by atoms with Gasteiger partial charge in [-0.25, -0.2) is 14.8 Å². The highest BCUT2D eigenvalue weighted by molar-refractivity contribution is 7.17. The van der Waals surface area contributed by atoms with Gasteiger partial charge in [0.1, 0.15) is 22.4 Å². The van der Waals surface area contributed by atoms with Gasteiger partial charge in [0.15, 0.2) is 6.10 Å². The number of hydrogen-bond donors (Lipinski definition) is 0. The second kappa shape index (κ2) is 10.4. The van der Waals surface area contributed by atoms with Crippen molar-refractivity contribution in [2.45, 2.75) is 37.8 Å². The highest BCUT2D eigenvalue weighted by Crippen LogP contribution is 2.52. The molecule has 3 aromatic rings. The van der Waals surface area contributed by atoms with Crippen molar-refractivity contribution in [2.75, 3.05) is 31.3 Å². The lowest BCUT2D eigenvalue weighted by Gasteiger charge is -2.29. The van der Waals surface area contributed by atoms with Crippen molar-refractivity contribution in [3.8, 4) is 11.5 Å². The zero-order valence-electron chi connectivity index (χ0n) is 22.1. The van der Waals surface area contributed by atoms with Gasteiger partial charge >= 0.3 is 5.97 Å². The zero-order valence-corrected chi connectivity index (χ0v) is 23.7. The van der Waals surface area contributed by atoms with E-state index in [1.54, 1.807) is 54.6 Å². The SMILES string of the molecule is COC(=O)c1c(N2C(=O)[C@H]3[C@H](ON(c4ccc(Cl)cc4)[C@@H]3c3ccc(OC)cc3OC)C2=O)sc2c1CCCC2. The molecular weight excluding hydrogens is 556 g/mol. The summed E-state index contributed by atoms with van der Waals surface area (Å²) in [6.07, 6.45) is 2.30. The lowest BCUT2D eigenvalue weighted by atomic mass is 9.90. The van der Waals surface area contributed by atoms with Crippen molar-refractivity contribution in [1.29, 1.82) is 0 Å². The van der Waals surface area contributed by atoms with E-state index in [4.69, 9.17) is 30.6 Å². The Morgan fingerprint density at radius 3 is 2.45 bits per heavy atom. The van der Waals surface area contributed by atoms with E-state index in [1.165, 1.54) is 25.6 Å². The first kappa shape index (κ1) is 26.6. The molecule has 0 spiro atoms. The fourth-order valence-electron chi connectivity index (χ4n) is 5.83. The van der Waals surface area contributed by atoms with E-state index in [9.17, 15) is 14.4 Å². The molecule has 1 aliphatic carbocycles. The number of anilines is 2. The van der Waals surface area contributed by atoms with E-state index >= 15 is 0 Å². The topological polar surface area (TPSA) is 94.6 Å². The zero-order chi connectivity index (χ0) is 28.1. The van der Waals surface area contributed by atoms with Crippen LogP contribution < -0.4 is 19.4 Å². The number of imide groups is 1. The largest absolute Gasteiger partial charge is 0.497 e. The van der Waals surface area contributed by atoms with Crippen LogP contribution in [0.2, 0.25) is 5.02 Å². The fourth-order valence-corrected chi connectivity index (χ4v) is 7.34. The van der Waals surface area contributed by atoms with E-state index < -0.39 is 35.8 Å². The van der Waals surface area contributed by atoms with Gasteiger partial charge < -0.3 is 14.2 Å². The molecule has 40 heavy (non-hydrogen) atoms. The van der Waals surface area contributed by atoms with Crippen LogP contribution in [-0.4, -0.2) is 45.2 Å². The van der Waals surface area contributed by atoms with Gasteiger partial charge in [-0.1, -0.05) is 11.6 Å². The summed E-state index contributed by atoms with van der Waals surface area (Å²) in [4.78, 5) is 49.6. The summed E-state index contributed by atoms with van der Waals surface area (Å²) < 4.78 is 16.2. The number of aryl methyl sites for hydroxylation is 1. The number of ether oxygens (including phenoxy) is 3. The van der Waals surface area contributed by atoms with E-state index in [0.29, 0.717) is 44.8 Å². The number of amides is 2. The van der Waals surface area contributed by atoms with Crippen LogP contribution >= 0.6 is 22.9 Å². The number of fused-ring (bicyclic) bond motifs is 2. The number of hydroxylamine groups is 1. The number of rotatable bonds is 6. The standard InChI is InChI=1S/C29H27ClN2O7S/c1-36-17-12-13-18(20(14-17)37-2)24-23-25(39-32(24)16-10-8-15(30)9-11-16)27(34)31(26(23)33)28-22(29(35)38-3)19-6-4-5-7-21(19)40-28/h8-14,23-25H,4-7H2,1-3H3/t23-,24-,25+/m1/s1. The third-order valence-corrected chi connectivity index (χ3v) is 9.23. The first-order chi connectivity index (χ1) is 19.4. The minimum atomic E-state index is -1.11. The number of hydrogen-bond acceptors (Lipinski definition) is 9. The average Bonchev–Trinajstić information content (AvgIpc) is 3.62. The molecule has 2 aliphatic heterocycles. The van der Waals surface area contributed by atoms with Gasteiger partial charge in [-0.3, -0.25) is 14.4 Å². The van der Waals surface area contributed by atoms with E-state index in [-0.39, 0.29) is 0 Å². The quantitative estimate of drug-likeness (QED) is 0.291. The maximum absolute atomic E-state index is 14.3. The number of benzene rings is 2. The molecule has 2 saturated heterocycles. The molecule has 2 fully saturated rings. The van der Waals surface area contributed by atoms with Crippen molar-refractivity contribution in [3.05, 3.63) is 69.1 Å². The van der Waals surface area contributed by atoms with Crippen LogP contribution in [0.1, 0.15) is 45.2 Å². The van der Waals surface area contributed by atoms with Gasteiger partial charge in [-0.15, -0.1) is 11.3 Å². The maximum atomic E-state index is 14.3. The molecule has 9 nitrogen and oxygen atoms in total. The van der Waals surface area contributed by atoms with Gasteiger partial charge in [0.05, 0.1) is 38.6 Å². The number of thiophene rings is 1. The molecule has 2 amide bonds. The number of methoxy groups -OCH3 is 3. The number of halogens is 1. The van der Waals surface area contributed by atoms with Gasteiger partial charge in [0, 0.05) is 21.5 Å². The smallest absolute Gasteiger partial charge is 0.341 e. The summed E-state index contributed by atoms with van der Waals surface area (Å²) >= 11 is 7.45. The Kier molecular flexibility index (Phi) is 6.93. The summed E-state index contributed by atoms with van der Waals surface area (Å²) in [6.45, 7) is 0. The number of nitrogens with zero attached hydrogens (tertiary/aromatic N) is 2. The van der Waals surface area contributed by atoms with Crippen molar-refractivity contribution in [2.24, 2.45) is 5.92 Å².